The van der Waals surface area contributed by atoms with E-state index < -0.39 is 0 Å². The molecule has 0 spiro atoms. The molecule has 2 heterocycles. The summed E-state index contributed by atoms with van der Waals surface area (Å²) in [6.45, 7) is 1.98. The molecule has 76 valence electrons. The van der Waals surface area contributed by atoms with Gasteiger partial charge in [0.15, 0.2) is 0 Å². The largest absolute Gasteiger partial charge is 0.425 e. The number of hydrogen-bond donors (Lipinski definition) is 1. The van der Waals surface area contributed by atoms with E-state index in [2.05, 4.69) is 15.5 Å². The lowest BCUT2D eigenvalue weighted by Crippen LogP contribution is -2.40. The molecule has 2 fully saturated rings. The molecule has 14 heavy (non-hydrogen) atoms. The quantitative estimate of drug-likeness (QED) is 0.771. The standard InChI is InChI=1S/C10H15N3O/c1-2-4-7(3-1)9-12-13-10(14-9)8-5-11-6-8/h7-8,11H,1-6H2. The van der Waals surface area contributed by atoms with Crippen molar-refractivity contribution in [3.05, 3.63) is 11.8 Å². The van der Waals surface area contributed by atoms with E-state index >= 15 is 0 Å². The SMILES string of the molecule is C1CCC(c2nnc(C3CNC3)o2)C1. The third-order valence-corrected chi connectivity index (χ3v) is 3.29. The van der Waals surface area contributed by atoms with Gasteiger partial charge in [0.1, 0.15) is 0 Å². The topological polar surface area (TPSA) is 51.0 Å². The van der Waals surface area contributed by atoms with Crippen LogP contribution in [0.15, 0.2) is 4.42 Å². The third-order valence-electron chi connectivity index (χ3n) is 3.29. The average molecular weight is 193 g/mol. The molecule has 4 heteroatoms. The summed E-state index contributed by atoms with van der Waals surface area (Å²) < 4.78 is 5.71. The van der Waals surface area contributed by atoms with Crippen LogP contribution >= 0.6 is 0 Å². The van der Waals surface area contributed by atoms with Gasteiger partial charge in [-0.15, -0.1) is 10.2 Å². The van der Waals surface area contributed by atoms with Crippen LogP contribution in [0.4, 0.5) is 0 Å². The van der Waals surface area contributed by atoms with Gasteiger partial charge in [-0.2, -0.15) is 0 Å². The van der Waals surface area contributed by atoms with Gasteiger partial charge in [0.05, 0.1) is 5.92 Å². The predicted molar refractivity (Wildman–Crippen MR) is 51.1 cm³/mol. The summed E-state index contributed by atoms with van der Waals surface area (Å²) in [4.78, 5) is 0. The monoisotopic (exact) mass is 193 g/mol. The van der Waals surface area contributed by atoms with E-state index in [4.69, 9.17) is 4.42 Å². The fourth-order valence-electron chi connectivity index (χ4n) is 2.21. The van der Waals surface area contributed by atoms with Crippen LogP contribution in [0.1, 0.15) is 49.3 Å². The van der Waals surface area contributed by atoms with Crippen molar-refractivity contribution in [2.75, 3.05) is 13.1 Å². The Hall–Kier alpha value is -0.900. The lowest BCUT2D eigenvalue weighted by molar-refractivity contribution is 0.335. The summed E-state index contributed by atoms with van der Waals surface area (Å²) in [6.07, 6.45) is 5.08. The zero-order valence-electron chi connectivity index (χ0n) is 8.20. The molecule has 3 rings (SSSR count). The first-order chi connectivity index (χ1) is 6.93. The number of hydrogen-bond acceptors (Lipinski definition) is 4. The summed E-state index contributed by atoms with van der Waals surface area (Å²) >= 11 is 0. The molecule has 0 unspecified atom stereocenters. The van der Waals surface area contributed by atoms with E-state index in [1.165, 1.54) is 25.7 Å². The summed E-state index contributed by atoms with van der Waals surface area (Å²) in [7, 11) is 0. The predicted octanol–water partition coefficient (Wildman–Crippen LogP) is 1.41. The van der Waals surface area contributed by atoms with Crippen molar-refractivity contribution in [3.63, 3.8) is 0 Å². The van der Waals surface area contributed by atoms with E-state index in [1.807, 2.05) is 0 Å². The van der Waals surface area contributed by atoms with Crippen LogP contribution in [0.2, 0.25) is 0 Å². The minimum atomic E-state index is 0.470. The second-order valence-corrected chi connectivity index (χ2v) is 4.32. The normalized spacial score (nSPS) is 24.0. The number of nitrogens with zero attached hydrogens (tertiary/aromatic N) is 2. The second kappa shape index (κ2) is 3.35. The molecular weight excluding hydrogens is 178 g/mol. The van der Waals surface area contributed by atoms with Gasteiger partial charge < -0.3 is 9.73 Å². The lowest BCUT2D eigenvalue weighted by atomic mass is 10.0. The maximum Gasteiger partial charge on any atom is 0.222 e. The molecule has 0 amide bonds. The Bertz CT molecular complexity index is 313. The van der Waals surface area contributed by atoms with Crippen LogP contribution in [0.3, 0.4) is 0 Å². The van der Waals surface area contributed by atoms with Gasteiger partial charge in [0, 0.05) is 19.0 Å². The molecule has 1 saturated heterocycles. The Labute approximate surface area is 83.1 Å². The van der Waals surface area contributed by atoms with Gasteiger partial charge in [-0.25, -0.2) is 0 Å². The molecule has 1 aromatic heterocycles. The van der Waals surface area contributed by atoms with Crippen molar-refractivity contribution in [1.29, 1.82) is 0 Å². The van der Waals surface area contributed by atoms with Gasteiger partial charge in [-0.3, -0.25) is 0 Å². The fourth-order valence-corrected chi connectivity index (χ4v) is 2.21. The van der Waals surface area contributed by atoms with Gasteiger partial charge in [-0.05, 0) is 12.8 Å². The van der Waals surface area contributed by atoms with E-state index in [1.54, 1.807) is 0 Å². The molecule has 2 aliphatic rings. The fraction of sp³-hybridized carbons (Fsp3) is 0.800. The molecule has 0 radical (unpaired) electrons. The summed E-state index contributed by atoms with van der Waals surface area (Å²) in [5, 5.41) is 11.5. The van der Waals surface area contributed by atoms with Crippen LogP contribution in [0, 0.1) is 0 Å². The van der Waals surface area contributed by atoms with E-state index in [9.17, 15) is 0 Å². The Morgan fingerprint density at radius 2 is 1.64 bits per heavy atom. The average Bonchev–Trinajstić information content (AvgIpc) is 2.65. The Morgan fingerprint density at radius 3 is 2.21 bits per heavy atom. The van der Waals surface area contributed by atoms with E-state index in [0.717, 1.165) is 24.9 Å². The molecule has 1 saturated carbocycles. The van der Waals surface area contributed by atoms with Gasteiger partial charge in [-0.1, -0.05) is 12.8 Å². The molecule has 0 aromatic carbocycles. The molecule has 1 aliphatic heterocycles. The first-order valence-corrected chi connectivity index (χ1v) is 5.47. The highest BCUT2D eigenvalue weighted by Gasteiger charge is 2.28. The van der Waals surface area contributed by atoms with Crippen molar-refractivity contribution in [2.24, 2.45) is 0 Å². The highest BCUT2D eigenvalue weighted by Crippen LogP contribution is 2.34. The maximum atomic E-state index is 5.71. The molecule has 0 atom stereocenters. The van der Waals surface area contributed by atoms with Crippen molar-refractivity contribution < 1.29 is 4.42 Å². The van der Waals surface area contributed by atoms with Crippen molar-refractivity contribution >= 4 is 0 Å². The summed E-state index contributed by atoms with van der Waals surface area (Å²) in [5.74, 6) is 2.73. The maximum absolute atomic E-state index is 5.71. The Morgan fingerprint density at radius 1 is 1.00 bits per heavy atom. The van der Waals surface area contributed by atoms with Crippen LogP contribution < -0.4 is 5.32 Å². The summed E-state index contributed by atoms with van der Waals surface area (Å²) in [6, 6.07) is 0. The molecule has 1 aliphatic carbocycles. The van der Waals surface area contributed by atoms with Crippen LogP contribution in [0.5, 0.6) is 0 Å². The molecule has 1 N–H and O–H groups in total. The highest BCUT2D eigenvalue weighted by molar-refractivity contribution is 5.02. The third kappa shape index (κ3) is 1.34. The van der Waals surface area contributed by atoms with E-state index in [0.29, 0.717) is 11.8 Å². The van der Waals surface area contributed by atoms with Gasteiger partial charge >= 0.3 is 0 Å². The van der Waals surface area contributed by atoms with Gasteiger partial charge in [0.25, 0.3) is 0 Å². The van der Waals surface area contributed by atoms with Crippen LogP contribution in [-0.2, 0) is 0 Å². The first kappa shape index (κ1) is 8.41. The second-order valence-electron chi connectivity index (χ2n) is 4.32. The first-order valence-electron chi connectivity index (χ1n) is 5.47. The van der Waals surface area contributed by atoms with Crippen molar-refractivity contribution in [1.82, 2.24) is 15.5 Å². The van der Waals surface area contributed by atoms with Gasteiger partial charge in [0.2, 0.25) is 11.8 Å². The number of aromatic nitrogens is 2. The van der Waals surface area contributed by atoms with Crippen molar-refractivity contribution in [3.8, 4) is 0 Å². The Kier molecular flexibility index (Phi) is 2.01. The van der Waals surface area contributed by atoms with Crippen LogP contribution in [-0.4, -0.2) is 23.3 Å². The molecule has 4 nitrogen and oxygen atoms in total. The number of rotatable bonds is 2. The minimum absolute atomic E-state index is 0.470. The molecule has 0 bridgehead atoms. The smallest absolute Gasteiger partial charge is 0.222 e. The van der Waals surface area contributed by atoms with Crippen LogP contribution in [0.25, 0.3) is 0 Å². The molecule has 1 aromatic rings. The number of nitrogens with one attached hydrogen (secondary N) is 1. The lowest BCUT2D eigenvalue weighted by Gasteiger charge is -2.23. The molecular formula is C10H15N3O. The van der Waals surface area contributed by atoms with Crippen molar-refractivity contribution in [2.45, 2.75) is 37.5 Å². The Balaban J connectivity index is 1.75. The summed E-state index contributed by atoms with van der Waals surface area (Å²) in [5.41, 5.74) is 0. The zero-order valence-corrected chi connectivity index (χ0v) is 8.20. The highest BCUT2D eigenvalue weighted by atomic mass is 16.4. The minimum Gasteiger partial charge on any atom is -0.425 e. The van der Waals surface area contributed by atoms with E-state index in [-0.39, 0.29) is 0 Å². The zero-order chi connectivity index (χ0) is 9.38.